The molecule has 0 radical (unpaired) electrons. The molecule has 0 aliphatic rings. The molecule has 0 aliphatic heterocycles. The van der Waals surface area contributed by atoms with Gasteiger partial charge in [0, 0.05) is 12.0 Å². The molecule has 3 rings (SSSR count). The molecule has 5 heteroatoms. The van der Waals surface area contributed by atoms with E-state index in [-0.39, 0.29) is 5.91 Å². The maximum Gasteiger partial charge on any atom is 0.297 e. The van der Waals surface area contributed by atoms with Gasteiger partial charge in [-0.3, -0.25) is 4.79 Å². The minimum atomic E-state index is -0.266. The van der Waals surface area contributed by atoms with Crippen LogP contribution in [0.4, 0.5) is 0 Å². The standard InChI is InChI=1S/C14H12N4O/c1-2-13-15-17-18(16-13)14(19)12-8-7-10-5-3-4-6-11(10)9-12/h3-9H,2H2,1H3. The van der Waals surface area contributed by atoms with E-state index >= 15 is 0 Å². The summed E-state index contributed by atoms with van der Waals surface area (Å²) >= 11 is 0. The first-order valence-corrected chi connectivity index (χ1v) is 6.10. The fraction of sp³-hybridized carbons (Fsp3) is 0.143. The van der Waals surface area contributed by atoms with E-state index in [1.54, 1.807) is 6.07 Å². The number of benzene rings is 2. The Morgan fingerprint density at radius 3 is 2.68 bits per heavy atom. The number of carbonyl (C=O) groups excluding carboxylic acids is 1. The van der Waals surface area contributed by atoms with Crippen molar-refractivity contribution in [2.75, 3.05) is 0 Å². The maximum absolute atomic E-state index is 12.2. The van der Waals surface area contributed by atoms with Gasteiger partial charge in [-0.05, 0) is 28.1 Å². The van der Waals surface area contributed by atoms with E-state index in [2.05, 4.69) is 15.4 Å². The molecule has 3 aromatic rings. The van der Waals surface area contributed by atoms with E-state index in [9.17, 15) is 4.79 Å². The van der Waals surface area contributed by atoms with Crippen LogP contribution in [-0.4, -0.2) is 26.1 Å². The molecular weight excluding hydrogens is 240 g/mol. The number of carbonyl (C=O) groups is 1. The summed E-state index contributed by atoms with van der Waals surface area (Å²) in [5.41, 5.74) is 0.554. The first-order valence-electron chi connectivity index (χ1n) is 6.10. The summed E-state index contributed by atoms with van der Waals surface area (Å²) in [6, 6.07) is 13.4. The average Bonchev–Trinajstić information content (AvgIpc) is 2.95. The zero-order valence-electron chi connectivity index (χ0n) is 10.4. The van der Waals surface area contributed by atoms with Gasteiger partial charge in [0.05, 0.1) is 0 Å². The van der Waals surface area contributed by atoms with Crippen LogP contribution >= 0.6 is 0 Å². The fourth-order valence-corrected chi connectivity index (χ4v) is 1.91. The van der Waals surface area contributed by atoms with Crippen LogP contribution in [0.5, 0.6) is 0 Å². The van der Waals surface area contributed by atoms with Gasteiger partial charge in [-0.2, -0.15) is 0 Å². The zero-order chi connectivity index (χ0) is 13.2. The predicted octanol–water partition coefficient (Wildman–Crippen LogP) is 2.08. The number of fused-ring (bicyclic) bond motifs is 1. The summed E-state index contributed by atoms with van der Waals surface area (Å²) < 4.78 is 0. The summed E-state index contributed by atoms with van der Waals surface area (Å²) in [7, 11) is 0. The summed E-state index contributed by atoms with van der Waals surface area (Å²) in [4.78, 5) is 13.3. The minimum Gasteiger partial charge on any atom is -0.265 e. The fourth-order valence-electron chi connectivity index (χ4n) is 1.91. The maximum atomic E-state index is 12.2. The third-order valence-corrected chi connectivity index (χ3v) is 2.95. The first-order chi connectivity index (χ1) is 9.28. The predicted molar refractivity (Wildman–Crippen MR) is 70.9 cm³/mol. The molecular formula is C14H12N4O. The molecule has 0 N–H and O–H groups in total. The Bertz CT molecular complexity index is 748. The van der Waals surface area contributed by atoms with Crippen LogP contribution in [0.1, 0.15) is 23.1 Å². The van der Waals surface area contributed by atoms with Crippen LogP contribution in [0, 0.1) is 0 Å². The Hall–Kier alpha value is -2.56. The molecule has 0 aliphatic carbocycles. The lowest BCUT2D eigenvalue weighted by molar-refractivity contribution is 0.0925. The van der Waals surface area contributed by atoms with Crippen molar-refractivity contribution in [3.63, 3.8) is 0 Å². The van der Waals surface area contributed by atoms with Crippen LogP contribution in [0.25, 0.3) is 10.8 Å². The number of aromatic nitrogens is 4. The molecule has 0 spiro atoms. The third kappa shape index (κ3) is 2.10. The molecule has 0 saturated heterocycles. The number of tetrazole rings is 1. The molecule has 94 valence electrons. The lowest BCUT2D eigenvalue weighted by atomic mass is 10.1. The molecule has 0 atom stereocenters. The zero-order valence-corrected chi connectivity index (χ0v) is 10.4. The lowest BCUT2D eigenvalue weighted by Gasteiger charge is -2.01. The van der Waals surface area contributed by atoms with Gasteiger partial charge in [0.15, 0.2) is 5.82 Å². The Kier molecular flexibility index (Phi) is 2.79. The van der Waals surface area contributed by atoms with Crippen LogP contribution in [0.15, 0.2) is 42.5 Å². The van der Waals surface area contributed by atoms with Gasteiger partial charge in [0.25, 0.3) is 5.91 Å². The van der Waals surface area contributed by atoms with E-state index < -0.39 is 0 Å². The average molecular weight is 252 g/mol. The van der Waals surface area contributed by atoms with Crippen LogP contribution in [0.3, 0.4) is 0 Å². The van der Waals surface area contributed by atoms with Gasteiger partial charge in [0.2, 0.25) is 0 Å². The Morgan fingerprint density at radius 2 is 1.95 bits per heavy atom. The molecule has 0 bridgehead atoms. The van der Waals surface area contributed by atoms with Crippen LogP contribution < -0.4 is 0 Å². The lowest BCUT2D eigenvalue weighted by Crippen LogP contribution is -2.15. The number of rotatable bonds is 2. The van der Waals surface area contributed by atoms with Crippen molar-refractivity contribution in [2.24, 2.45) is 0 Å². The van der Waals surface area contributed by atoms with Crippen molar-refractivity contribution in [1.82, 2.24) is 20.2 Å². The molecule has 2 aromatic carbocycles. The molecule has 0 unspecified atom stereocenters. The highest BCUT2D eigenvalue weighted by Crippen LogP contribution is 2.16. The van der Waals surface area contributed by atoms with Gasteiger partial charge in [-0.15, -0.1) is 10.2 Å². The quantitative estimate of drug-likeness (QED) is 0.700. The SMILES string of the molecule is CCc1nnn(C(=O)c2ccc3ccccc3c2)n1. The summed E-state index contributed by atoms with van der Waals surface area (Å²) in [6.45, 7) is 1.92. The summed E-state index contributed by atoms with van der Waals surface area (Å²) in [5.74, 6) is 0.298. The van der Waals surface area contributed by atoms with Gasteiger partial charge in [0.1, 0.15) is 0 Å². The number of nitrogens with zero attached hydrogens (tertiary/aromatic N) is 4. The summed E-state index contributed by atoms with van der Waals surface area (Å²) in [6.07, 6.45) is 0.658. The topological polar surface area (TPSA) is 60.7 Å². The van der Waals surface area contributed by atoms with E-state index in [4.69, 9.17) is 0 Å². The highest BCUT2D eigenvalue weighted by molar-refractivity contribution is 5.98. The second-order valence-corrected chi connectivity index (χ2v) is 4.22. The van der Waals surface area contributed by atoms with E-state index in [0.717, 1.165) is 15.6 Å². The highest BCUT2D eigenvalue weighted by Gasteiger charge is 2.12. The first kappa shape index (κ1) is 11.5. The van der Waals surface area contributed by atoms with E-state index in [0.29, 0.717) is 17.8 Å². The highest BCUT2D eigenvalue weighted by atomic mass is 16.2. The molecule has 0 fully saturated rings. The van der Waals surface area contributed by atoms with Crippen molar-refractivity contribution in [1.29, 1.82) is 0 Å². The molecule has 0 amide bonds. The number of hydrogen-bond acceptors (Lipinski definition) is 4. The van der Waals surface area contributed by atoms with Crippen molar-refractivity contribution < 1.29 is 4.79 Å². The molecule has 19 heavy (non-hydrogen) atoms. The second kappa shape index (κ2) is 4.61. The van der Waals surface area contributed by atoms with Gasteiger partial charge >= 0.3 is 0 Å². The van der Waals surface area contributed by atoms with Gasteiger partial charge in [-0.25, -0.2) is 0 Å². The second-order valence-electron chi connectivity index (χ2n) is 4.22. The van der Waals surface area contributed by atoms with Crippen LogP contribution in [-0.2, 0) is 6.42 Å². The summed E-state index contributed by atoms with van der Waals surface area (Å²) in [5, 5.41) is 13.7. The third-order valence-electron chi connectivity index (χ3n) is 2.95. The van der Waals surface area contributed by atoms with E-state index in [1.165, 1.54) is 0 Å². The van der Waals surface area contributed by atoms with Crippen molar-refractivity contribution in [3.8, 4) is 0 Å². The van der Waals surface area contributed by atoms with Gasteiger partial charge < -0.3 is 0 Å². The van der Waals surface area contributed by atoms with Crippen molar-refractivity contribution in [3.05, 3.63) is 53.9 Å². The monoisotopic (exact) mass is 252 g/mol. The molecule has 5 nitrogen and oxygen atoms in total. The largest absolute Gasteiger partial charge is 0.297 e. The van der Waals surface area contributed by atoms with Crippen molar-refractivity contribution >= 4 is 16.7 Å². The molecule has 1 heterocycles. The smallest absolute Gasteiger partial charge is 0.265 e. The van der Waals surface area contributed by atoms with Crippen molar-refractivity contribution in [2.45, 2.75) is 13.3 Å². The van der Waals surface area contributed by atoms with E-state index in [1.807, 2.05) is 43.3 Å². The van der Waals surface area contributed by atoms with Crippen LogP contribution in [0.2, 0.25) is 0 Å². The number of hydrogen-bond donors (Lipinski definition) is 0. The number of aryl methyl sites for hydroxylation is 1. The Balaban J connectivity index is 2.01. The Morgan fingerprint density at radius 1 is 1.16 bits per heavy atom. The minimum absolute atomic E-state index is 0.266. The molecule has 1 aromatic heterocycles. The molecule has 0 saturated carbocycles. The Labute approximate surface area is 109 Å². The normalized spacial score (nSPS) is 10.8. The van der Waals surface area contributed by atoms with Gasteiger partial charge in [-0.1, -0.05) is 42.1 Å².